The van der Waals surface area contributed by atoms with Crippen LogP contribution in [-0.2, 0) is 0 Å². The SMILES string of the molecule is c1ccc(/N=C(\Oc2ccccc2)c2ccccc2)cc1. The van der Waals surface area contributed by atoms with Gasteiger partial charge in [0.05, 0.1) is 5.69 Å². The summed E-state index contributed by atoms with van der Waals surface area (Å²) in [5, 5.41) is 0. The Morgan fingerprint density at radius 2 is 1.14 bits per heavy atom. The first-order valence-corrected chi connectivity index (χ1v) is 6.84. The van der Waals surface area contributed by atoms with Gasteiger partial charge in [0.25, 0.3) is 0 Å². The highest BCUT2D eigenvalue weighted by atomic mass is 16.5. The molecular weight excluding hydrogens is 258 g/mol. The van der Waals surface area contributed by atoms with E-state index in [1.165, 1.54) is 0 Å². The Morgan fingerprint density at radius 3 is 1.76 bits per heavy atom. The summed E-state index contributed by atoms with van der Waals surface area (Å²) in [6, 6.07) is 29.4. The topological polar surface area (TPSA) is 21.6 Å². The van der Waals surface area contributed by atoms with E-state index in [4.69, 9.17) is 4.74 Å². The maximum Gasteiger partial charge on any atom is 0.227 e. The van der Waals surface area contributed by atoms with E-state index in [1.807, 2.05) is 91.0 Å². The van der Waals surface area contributed by atoms with Crippen LogP contribution in [0.15, 0.2) is 96.0 Å². The number of ether oxygens (including phenoxy) is 1. The largest absolute Gasteiger partial charge is 0.438 e. The minimum atomic E-state index is 0.591. The zero-order valence-electron chi connectivity index (χ0n) is 11.5. The van der Waals surface area contributed by atoms with Gasteiger partial charge < -0.3 is 4.74 Å². The maximum absolute atomic E-state index is 5.95. The van der Waals surface area contributed by atoms with Gasteiger partial charge in [-0.15, -0.1) is 0 Å². The summed E-state index contributed by atoms with van der Waals surface area (Å²) in [6.45, 7) is 0. The van der Waals surface area contributed by atoms with Crippen molar-refractivity contribution in [1.82, 2.24) is 0 Å². The van der Waals surface area contributed by atoms with Crippen molar-refractivity contribution in [3.05, 3.63) is 96.6 Å². The van der Waals surface area contributed by atoms with E-state index in [0.717, 1.165) is 17.0 Å². The highest BCUT2D eigenvalue weighted by Gasteiger charge is 2.06. The molecule has 0 aliphatic carbocycles. The molecule has 2 nitrogen and oxygen atoms in total. The second kappa shape index (κ2) is 6.53. The summed E-state index contributed by atoms with van der Waals surface area (Å²) in [5.74, 6) is 1.36. The molecule has 2 heteroatoms. The molecule has 0 N–H and O–H groups in total. The van der Waals surface area contributed by atoms with Gasteiger partial charge in [-0.1, -0.05) is 54.6 Å². The van der Waals surface area contributed by atoms with Gasteiger partial charge in [-0.3, -0.25) is 0 Å². The fourth-order valence-electron chi connectivity index (χ4n) is 1.95. The fraction of sp³-hybridized carbons (Fsp3) is 0. The van der Waals surface area contributed by atoms with E-state index in [2.05, 4.69) is 4.99 Å². The third-order valence-corrected chi connectivity index (χ3v) is 2.97. The van der Waals surface area contributed by atoms with E-state index in [9.17, 15) is 0 Å². The van der Waals surface area contributed by atoms with Crippen molar-refractivity contribution >= 4 is 11.6 Å². The molecule has 0 radical (unpaired) electrons. The van der Waals surface area contributed by atoms with Crippen LogP contribution in [0.1, 0.15) is 5.56 Å². The van der Waals surface area contributed by atoms with Gasteiger partial charge in [-0.05, 0) is 36.4 Å². The molecule has 0 aromatic heterocycles. The minimum Gasteiger partial charge on any atom is -0.438 e. The first kappa shape index (κ1) is 13.1. The summed E-state index contributed by atoms with van der Waals surface area (Å²) in [6.07, 6.45) is 0. The summed E-state index contributed by atoms with van der Waals surface area (Å²) in [5.41, 5.74) is 1.82. The van der Waals surface area contributed by atoms with Crippen molar-refractivity contribution in [2.45, 2.75) is 0 Å². The molecule has 0 spiro atoms. The van der Waals surface area contributed by atoms with Crippen molar-refractivity contribution < 1.29 is 4.74 Å². The van der Waals surface area contributed by atoms with Crippen LogP contribution in [0, 0.1) is 0 Å². The van der Waals surface area contributed by atoms with Crippen LogP contribution >= 0.6 is 0 Å². The minimum absolute atomic E-state index is 0.591. The lowest BCUT2D eigenvalue weighted by atomic mass is 10.2. The Balaban J connectivity index is 1.97. The maximum atomic E-state index is 5.95. The molecule has 3 rings (SSSR count). The lowest BCUT2D eigenvalue weighted by molar-refractivity contribution is 0.553. The number of para-hydroxylation sites is 2. The summed E-state index contributed by atoms with van der Waals surface area (Å²) in [7, 11) is 0. The van der Waals surface area contributed by atoms with Crippen LogP contribution in [0.3, 0.4) is 0 Å². The van der Waals surface area contributed by atoms with Crippen molar-refractivity contribution in [1.29, 1.82) is 0 Å². The summed E-state index contributed by atoms with van der Waals surface area (Å²) < 4.78 is 5.95. The van der Waals surface area contributed by atoms with Crippen LogP contribution in [0.4, 0.5) is 5.69 Å². The predicted octanol–water partition coefficient (Wildman–Crippen LogP) is 4.84. The molecule has 0 fully saturated rings. The Kier molecular flexibility index (Phi) is 4.08. The van der Waals surface area contributed by atoms with Gasteiger partial charge in [0.2, 0.25) is 5.90 Å². The zero-order chi connectivity index (χ0) is 14.3. The monoisotopic (exact) mass is 273 g/mol. The number of rotatable bonds is 3. The van der Waals surface area contributed by atoms with Crippen LogP contribution in [0.5, 0.6) is 5.75 Å². The van der Waals surface area contributed by atoms with E-state index in [1.54, 1.807) is 0 Å². The lowest BCUT2D eigenvalue weighted by Gasteiger charge is -2.09. The first-order chi connectivity index (χ1) is 10.4. The second-order valence-electron chi connectivity index (χ2n) is 4.53. The predicted molar refractivity (Wildman–Crippen MR) is 86.2 cm³/mol. The third kappa shape index (κ3) is 3.57. The molecular formula is C19H15NO. The van der Waals surface area contributed by atoms with Crippen molar-refractivity contribution in [2.24, 2.45) is 4.99 Å². The molecule has 102 valence electrons. The fourth-order valence-corrected chi connectivity index (χ4v) is 1.95. The molecule has 0 saturated heterocycles. The highest BCUT2D eigenvalue weighted by Crippen LogP contribution is 2.17. The molecule has 0 amide bonds. The van der Waals surface area contributed by atoms with Crippen molar-refractivity contribution in [2.75, 3.05) is 0 Å². The number of nitrogens with zero attached hydrogens (tertiary/aromatic N) is 1. The molecule has 3 aromatic carbocycles. The van der Waals surface area contributed by atoms with Crippen molar-refractivity contribution in [3.8, 4) is 5.75 Å². The molecule has 0 heterocycles. The van der Waals surface area contributed by atoms with E-state index < -0.39 is 0 Å². The molecule has 3 aromatic rings. The van der Waals surface area contributed by atoms with Crippen LogP contribution in [0.2, 0.25) is 0 Å². The van der Waals surface area contributed by atoms with Gasteiger partial charge >= 0.3 is 0 Å². The smallest absolute Gasteiger partial charge is 0.227 e. The number of benzene rings is 3. The standard InChI is InChI=1S/C19H15NO/c1-4-10-16(11-5-1)19(20-17-12-6-2-7-13-17)21-18-14-8-3-9-15-18/h1-15H/b20-19-. The van der Waals surface area contributed by atoms with Gasteiger partial charge in [0.15, 0.2) is 0 Å². The van der Waals surface area contributed by atoms with E-state index in [-0.39, 0.29) is 0 Å². The molecule has 0 unspecified atom stereocenters. The molecule has 0 atom stereocenters. The average Bonchev–Trinajstić information content (AvgIpc) is 2.57. The molecule has 0 saturated carbocycles. The van der Waals surface area contributed by atoms with Crippen molar-refractivity contribution in [3.63, 3.8) is 0 Å². The normalized spacial score (nSPS) is 11.1. The second-order valence-corrected chi connectivity index (χ2v) is 4.53. The lowest BCUT2D eigenvalue weighted by Crippen LogP contribution is -2.09. The average molecular weight is 273 g/mol. The zero-order valence-corrected chi connectivity index (χ0v) is 11.5. The number of aliphatic imine (C=N–C) groups is 1. The highest BCUT2D eigenvalue weighted by molar-refractivity contribution is 5.97. The van der Waals surface area contributed by atoms with E-state index >= 15 is 0 Å². The summed E-state index contributed by atoms with van der Waals surface area (Å²) in [4.78, 5) is 4.62. The molecule has 0 aliphatic rings. The van der Waals surface area contributed by atoms with Crippen LogP contribution in [-0.4, -0.2) is 5.90 Å². The van der Waals surface area contributed by atoms with Crippen LogP contribution < -0.4 is 4.74 Å². The Labute approximate surface area is 124 Å². The Hall–Kier alpha value is -2.87. The van der Waals surface area contributed by atoms with Gasteiger partial charge in [-0.25, -0.2) is 4.99 Å². The van der Waals surface area contributed by atoms with Gasteiger partial charge in [0, 0.05) is 5.56 Å². The number of hydrogen-bond donors (Lipinski definition) is 0. The third-order valence-electron chi connectivity index (χ3n) is 2.97. The van der Waals surface area contributed by atoms with Gasteiger partial charge in [0.1, 0.15) is 5.75 Å². The Morgan fingerprint density at radius 1 is 0.619 bits per heavy atom. The molecule has 0 aliphatic heterocycles. The molecule has 21 heavy (non-hydrogen) atoms. The van der Waals surface area contributed by atoms with E-state index in [0.29, 0.717) is 5.90 Å². The van der Waals surface area contributed by atoms with Crippen LogP contribution in [0.25, 0.3) is 0 Å². The number of hydrogen-bond acceptors (Lipinski definition) is 2. The quantitative estimate of drug-likeness (QED) is 0.494. The Bertz CT molecular complexity index is 706. The molecule has 0 bridgehead atoms. The first-order valence-electron chi connectivity index (χ1n) is 6.84. The summed E-state index contributed by atoms with van der Waals surface area (Å²) >= 11 is 0. The van der Waals surface area contributed by atoms with Gasteiger partial charge in [-0.2, -0.15) is 0 Å².